The Hall–Kier alpha value is -3.33. The lowest BCUT2D eigenvalue weighted by Gasteiger charge is -2.09. The van der Waals surface area contributed by atoms with E-state index in [9.17, 15) is 9.59 Å². The highest BCUT2D eigenvalue weighted by molar-refractivity contribution is 7.99. The highest BCUT2D eigenvalue weighted by Crippen LogP contribution is 2.18. The molecule has 0 saturated heterocycles. The monoisotopic (exact) mass is 425 g/mol. The summed E-state index contributed by atoms with van der Waals surface area (Å²) in [5.74, 6) is 0.899. The van der Waals surface area contributed by atoms with E-state index in [0.29, 0.717) is 22.3 Å². The molecule has 0 bridgehead atoms. The van der Waals surface area contributed by atoms with Crippen molar-refractivity contribution >= 4 is 29.3 Å². The topological polar surface area (TPSA) is 98.1 Å². The summed E-state index contributed by atoms with van der Waals surface area (Å²) < 4.78 is 6.97. The number of carbonyl (C=O) groups is 2. The maximum atomic E-state index is 12.4. The Balaban J connectivity index is 1.53. The van der Waals surface area contributed by atoms with Gasteiger partial charge in [-0.2, -0.15) is 0 Å². The van der Waals surface area contributed by atoms with Crippen molar-refractivity contribution in [1.82, 2.24) is 20.1 Å². The molecule has 3 aromatic rings. The maximum absolute atomic E-state index is 12.4. The molecule has 30 heavy (non-hydrogen) atoms. The van der Waals surface area contributed by atoms with Gasteiger partial charge in [0.1, 0.15) is 5.75 Å². The summed E-state index contributed by atoms with van der Waals surface area (Å²) in [4.78, 5) is 24.6. The number of aryl methyl sites for hydroxylation is 1. The molecule has 0 saturated carbocycles. The Morgan fingerprint density at radius 1 is 1.10 bits per heavy atom. The Bertz CT molecular complexity index is 1030. The van der Waals surface area contributed by atoms with E-state index in [2.05, 4.69) is 20.8 Å². The smallest absolute Gasteiger partial charge is 0.255 e. The summed E-state index contributed by atoms with van der Waals surface area (Å²) in [5, 5.41) is 14.5. The summed E-state index contributed by atoms with van der Waals surface area (Å²) in [6, 6.07) is 14.6. The predicted molar refractivity (Wildman–Crippen MR) is 116 cm³/mol. The molecule has 0 spiro atoms. The summed E-state index contributed by atoms with van der Waals surface area (Å²) >= 11 is 1.28. The van der Waals surface area contributed by atoms with Gasteiger partial charge in [0.05, 0.1) is 25.0 Å². The van der Waals surface area contributed by atoms with Crippen LogP contribution in [0.1, 0.15) is 21.7 Å². The molecule has 0 fully saturated rings. The van der Waals surface area contributed by atoms with Crippen molar-refractivity contribution in [3.63, 3.8) is 0 Å². The van der Waals surface area contributed by atoms with Gasteiger partial charge < -0.3 is 19.9 Å². The number of hydrogen-bond acceptors (Lipinski definition) is 6. The number of nitrogens with one attached hydrogen (secondary N) is 2. The second-order valence-corrected chi connectivity index (χ2v) is 7.49. The second-order valence-electron chi connectivity index (χ2n) is 6.54. The van der Waals surface area contributed by atoms with Crippen LogP contribution in [0.2, 0.25) is 0 Å². The number of benzene rings is 2. The molecule has 8 nitrogen and oxygen atoms in total. The fourth-order valence-electron chi connectivity index (χ4n) is 2.68. The van der Waals surface area contributed by atoms with Crippen LogP contribution < -0.4 is 15.4 Å². The van der Waals surface area contributed by atoms with Crippen LogP contribution in [-0.2, 0) is 18.4 Å². The molecular weight excluding hydrogens is 402 g/mol. The van der Waals surface area contributed by atoms with Gasteiger partial charge in [0.15, 0.2) is 11.0 Å². The van der Waals surface area contributed by atoms with Crippen molar-refractivity contribution in [2.75, 3.05) is 18.2 Å². The van der Waals surface area contributed by atoms with Crippen molar-refractivity contribution < 1.29 is 14.3 Å². The Kier molecular flexibility index (Phi) is 7.08. The average molecular weight is 426 g/mol. The minimum absolute atomic E-state index is 0.127. The molecule has 2 amide bonds. The molecule has 1 aromatic heterocycles. The number of hydrogen-bond donors (Lipinski definition) is 2. The van der Waals surface area contributed by atoms with Crippen LogP contribution in [-0.4, -0.2) is 39.4 Å². The quantitative estimate of drug-likeness (QED) is 0.539. The molecule has 2 aromatic carbocycles. The standard InChI is InChI=1S/C21H23N5O3S/c1-14-8-10-15(11-9-14)23-19(27)13-30-21-25-24-18(26(21)2)12-22-20(28)16-6-4-5-7-17(16)29-3/h4-11H,12-13H2,1-3H3,(H,22,28)(H,23,27). The van der Waals surface area contributed by atoms with E-state index >= 15 is 0 Å². The number of rotatable bonds is 8. The summed E-state index contributed by atoms with van der Waals surface area (Å²) in [6.07, 6.45) is 0. The molecule has 0 aliphatic rings. The van der Waals surface area contributed by atoms with Crippen molar-refractivity contribution in [2.24, 2.45) is 7.05 Å². The summed E-state index contributed by atoms with van der Waals surface area (Å²) in [6.45, 7) is 2.20. The largest absolute Gasteiger partial charge is 0.496 e. The number of para-hydroxylation sites is 1. The van der Waals surface area contributed by atoms with Gasteiger partial charge in [-0.15, -0.1) is 10.2 Å². The van der Waals surface area contributed by atoms with E-state index in [-0.39, 0.29) is 24.1 Å². The fourth-order valence-corrected chi connectivity index (χ4v) is 3.41. The number of amides is 2. The number of ether oxygens (including phenoxy) is 1. The van der Waals surface area contributed by atoms with Gasteiger partial charge in [-0.05, 0) is 31.2 Å². The molecule has 0 aliphatic carbocycles. The highest BCUT2D eigenvalue weighted by atomic mass is 32.2. The summed E-state index contributed by atoms with van der Waals surface area (Å²) in [5.41, 5.74) is 2.33. The van der Waals surface area contributed by atoms with Gasteiger partial charge in [0, 0.05) is 12.7 Å². The van der Waals surface area contributed by atoms with E-state index in [1.165, 1.54) is 18.9 Å². The van der Waals surface area contributed by atoms with Gasteiger partial charge in [0.2, 0.25) is 5.91 Å². The van der Waals surface area contributed by atoms with Crippen LogP contribution in [0.3, 0.4) is 0 Å². The second kappa shape index (κ2) is 9.93. The van der Waals surface area contributed by atoms with Gasteiger partial charge in [-0.3, -0.25) is 9.59 Å². The van der Waals surface area contributed by atoms with E-state index in [4.69, 9.17) is 4.74 Å². The molecule has 0 aliphatic heterocycles. The zero-order valence-electron chi connectivity index (χ0n) is 17.0. The van der Waals surface area contributed by atoms with Crippen LogP contribution in [0.25, 0.3) is 0 Å². The molecule has 3 rings (SSSR count). The van der Waals surface area contributed by atoms with E-state index in [0.717, 1.165) is 11.3 Å². The molecule has 156 valence electrons. The van der Waals surface area contributed by atoms with Crippen molar-refractivity contribution in [3.05, 3.63) is 65.5 Å². The molecule has 1 heterocycles. The SMILES string of the molecule is COc1ccccc1C(=O)NCc1nnc(SCC(=O)Nc2ccc(C)cc2)n1C. The molecular formula is C21H23N5O3S. The third kappa shape index (κ3) is 5.38. The molecule has 2 N–H and O–H groups in total. The minimum Gasteiger partial charge on any atom is -0.496 e. The van der Waals surface area contributed by atoms with Crippen molar-refractivity contribution in [2.45, 2.75) is 18.6 Å². The Morgan fingerprint density at radius 3 is 2.57 bits per heavy atom. The molecule has 0 radical (unpaired) electrons. The normalized spacial score (nSPS) is 10.5. The minimum atomic E-state index is -0.262. The lowest BCUT2D eigenvalue weighted by Crippen LogP contribution is -2.25. The van der Waals surface area contributed by atoms with Crippen LogP contribution in [0.4, 0.5) is 5.69 Å². The van der Waals surface area contributed by atoms with E-state index < -0.39 is 0 Å². The van der Waals surface area contributed by atoms with Crippen LogP contribution in [0.15, 0.2) is 53.7 Å². The fraction of sp³-hybridized carbons (Fsp3) is 0.238. The highest BCUT2D eigenvalue weighted by Gasteiger charge is 2.15. The zero-order valence-corrected chi connectivity index (χ0v) is 17.8. The zero-order chi connectivity index (χ0) is 21.5. The van der Waals surface area contributed by atoms with Crippen LogP contribution >= 0.6 is 11.8 Å². The number of methoxy groups -OCH3 is 1. The number of aromatic nitrogens is 3. The van der Waals surface area contributed by atoms with Crippen LogP contribution in [0.5, 0.6) is 5.75 Å². The van der Waals surface area contributed by atoms with Gasteiger partial charge in [0.25, 0.3) is 5.91 Å². The molecule has 0 unspecified atom stereocenters. The third-order valence-electron chi connectivity index (χ3n) is 4.35. The predicted octanol–water partition coefficient (Wildman–Crippen LogP) is 2.79. The average Bonchev–Trinajstić information content (AvgIpc) is 3.11. The Morgan fingerprint density at radius 2 is 1.83 bits per heavy atom. The van der Waals surface area contributed by atoms with Crippen LogP contribution in [0, 0.1) is 6.92 Å². The number of anilines is 1. The van der Waals surface area contributed by atoms with Gasteiger partial charge in [-0.25, -0.2) is 0 Å². The van der Waals surface area contributed by atoms with Gasteiger partial charge >= 0.3 is 0 Å². The van der Waals surface area contributed by atoms with Gasteiger partial charge in [-0.1, -0.05) is 41.6 Å². The first-order valence-corrected chi connectivity index (χ1v) is 10.3. The van der Waals surface area contributed by atoms with E-state index in [1.54, 1.807) is 35.9 Å². The lowest BCUT2D eigenvalue weighted by atomic mass is 10.2. The Labute approximate surface area is 179 Å². The van der Waals surface area contributed by atoms with Crippen molar-refractivity contribution in [3.8, 4) is 5.75 Å². The van der Waals surface area contributed by atoms with E-state index in [1.807, 2.05) is 31.2 Å². The summed E-state index contributed by atoms with van der Waals surface area (Å²) in [7, 11) is 3.32. The van der Waals surface area contributed by atoms with Crippen molar-refractivity contribution in [1.29, 1.82) is 0 Å². The first-order chi connectivity index (χ1) is 14.5. The first-order valence-electron chi connectivity index (χ1n) is 9.26. The third-order valence-corrected chi connectivity index (χ3v) is 5.37. The number of carbonyl (C=O) groups excluding carboxylic acids is 2. The molecule has 9 heteroatoms. The number of nitrogens with zero attached hydrogens (tertiary/aromatic N) is 3. The molecule has 0 atom stereocenters. The lowest BCUT2D eigenvalue weighted by molar-refractivity contribution is -0.113. The number of thioether (sulfide) groups is 1. The first kappa shape index (κ1) is 21.4. The maximum Gasteiger partial charge on any atom is 0.255 e.